The number of nitrogens with one attached hydrogen (secondary N) is 1. The summed E-state index contributed by atoms with van der Waals surface area (Å²) < 4.78 is 1.78. The third kappa shape index (κ3) is 7.51. The van der Waals surface area contributed by atoms with Crippen LogP contribution >= 0.6 is 69.6 Å². The summed E-state index contributed by atoms with van der Waals surface area (Å²) in [4.78, 5) is 38.8. The van der Waals surface area contributed by atoms with Gasteiger partial charge >= 0.3 is 0 Å². The maximum absolute atomic E-state index is 13.1. The third-order valence-corrected chi connectivity index (χ3v) is 6.84. The summed E-state index contributed by atoms with van der Waals surface area (Å²) >= 11 is 35.2. The second-order valence-corrected chi connectivity index (χ2v) is 11.7. The van der Waals surface area contributed by atoms with Gasteiger partial charge in [-0.2, -0.15) is 0 Å². The van der Waals surface area contributed by atoms with E-state index < -0.39 is 49.2 Å². The molecule has 4 unspecified atom stereocenters. The third-order valence-electron chi connectivity index (χ3n) is 4.61. The number of hydrogen-bond acceptors (Lipinski definition) is 4. The van der Waals surface area contributed by atoms with E-state index in [-0.39, 0.29) is 12.8 Å². The first-order valence-corrected chi connectivity index (χ1v) is 10.9. The normalized spacial score (nSPS) is 20.8. The summed E-state index contributed by atoms with van der Waals surface area (Å²) in [5.41, 5.74) is 0. The first kappa shape index (κ1) is 26.9. The van der Waals surface area contributed by atoms with Crippen molar-refractivity contribution < 1.29 is 19.1 Å². The summed E-state index contributed by atoms with van der Waals surface area (Å²) in [5.74, 6) is -2.67. The van der Waals surface area contributed by atoms with Gasteiger partial charge in [0.15, 0.2) is 7.59 Å². The number of nitrogens with zero attached hydrogens (tertiary/aromatic N) is 1. The van der Waals surface area contributed by atoms with E-state index in [0.717, 1.165) is 4.90 Å². The smallest absolute Gasteiger partial charge is 0.257 e. The average Bonchev–Trinajstić information content (AvgIpc) is 2.85. The van der Waals surface area contributed by atoms with Gasteiger partial charge in [0.25, 0.3) is 11.8 Å². The highest BCUT2D eigenvalue weighted by Gasteiger charge is 2.41. The van der Waals surface area contributed by atoms with E-state index >= 15 is 0 Å². The number of amides is 3. The van der Waals surface area contributed by atoms with E-state index in [0.29, 0.717) is 5.76 Å². The van der Waals surface area contributed by atoms with Gasteiger partial charge < -0.3 is 10.1 Å². The number of methoxy groups -OCH3 is 1. The fourth-order valence-corrected chi connectivity index (χ4v) is 3.18. The molecule has 29 heavy (non-hydrogen) atoms. The summed E-state index contributed by atoms with van der Waals surface area (Å²) in [6, 6.07) is -1.77. The molecule has 0 saturated heterocycles. The molecule has 3 amide bonds. The molecule has 0 bridgehead atoms. The Balaban J connectivity index is 3.04. The Morgan fingerprint density at radius 1 is 1.14 bits per heavy atom. The molecule has 0 aromatic heterocycles. The second kappa shape index (κ2) is 10.5. The van der Waals surface area contributed by atoms with Crippen molar-refractivity contribution in [2.75, 3.05) is 7.11 Å². The summed E-state index contributed by atoms with van der Waals surface area (Å²) in [6.07, 6.45) is 1.03. The molecular formula is C17H22Cl6N2O4. The molecule has 0 aromatic rings. The lowest BCUT2D eigenvalue weighted by atomic mass is 10.0. The van der Waals surface area contributed by atoms with E-state index in [2.05, 4.69) is 5.32 Å². The van der Waals surface area contributed by atoms with Crippen molar-refractivity contribution in [3.63, 3.8) is 0 Å². The van der Waals surface area contributed by atoms with Crippen molar-refractivity contribution in [1.29, 1.82) is 0 Å². The van der Waals surface area contributed by atoms with Crippen LogP contribution in [0, 0.1) is 11.8 Å². The van der Waals surface area contributed by atoms with Gasteiger partial charge in [-0.1, -0.05) is 83.5 Å². The van der Waals surface area contributed by atoms with Gasteiger partial charge in [-0.15, -0.1) is 0 Å². The van der Waals surface area contributed by atoms with E-state index in [1.807, 2.05) is 0 Å². The molecule has 6 nitrogen and oxygen atoms in total. The highest BCUT2D eigenvalue weighted by Crippen LogP contribution is 2.38. The van der Waals surface area contributed by atoms with Crippen molar-refractivity contribution in [3.8, 4) is 0 Å². The van der Waals surface area contributed by atoms with Crippen LogP contribution in [-0.4, -0.2) is 49.4 Å². The van der Waals surface area contributed by atoms with Crippen LogP contribution in [0.15, 0.2) is 11.8 Å². The largest absolute Gasteiger partial charge is 0.499 e. The summed E-state index contributed by atoms with van der Waals surface area (Å²) in [6.45, 7) is 4.81. The molecule has 0 spiro atoms. The van der Waals surface area contributed by atoms with Crippen LogP contribution in [0.25, 0.3) is 0 Å². The fraction of sp³-hybridized carbons (Fsp3) is 0.706. The predicted molar refractivity (Wildman–Crippen MR) is 116 cm³/mol. The van der Waals surface area contributed by atoms with Crippen LogP contribution in [0.3, 0.4) is 0 Å². The van der Waals surface area contributed by atoms with Gasteiger partial charge in [0, 0.05) is 24.3 Å². The predicted octanol–water partition coefficient (Wildman–Crippen LogP) is 4.55. The standard InChI is InChI=1S/C17H22Cl6N2O4/c1-8(16(18,19)20)5-11(24-13(26)6-9(2)17(21,22)23)15(28)25-10(3)12(29-4)7-14(25)27/h7-11H,5-6H2,1-4H3,(H,24,26). The van der Waals surface area contributed by atoms with Gasteiger partial charge in [0.2, 0.25) is 5.91 Å². The van der Waals surface area contributed by atoms with Gasteiger partial charge in [-0.25, -0.2) is 0 Å². The molecule has 0 radical (unpaired) electrons. The monoisotopic (exact) mass is 528 g/mol. The molecule has 0 aromatic carbocycles. The molecule has 1 N–H and O–H groups in total. The summed E-state index contributed by atoms with van der Waals surface area (Å²) in [7, 11) is 1.39. The lowest BCUT2D eigenvalue weighted by Crippen LogP contribution is -2.53. The van der Waals surface area contributed by atoms with Crippen LogP contribution in [0.1, 0.15) is 33.6 Å². The first-order valence-electron chi connectivity index (χ1n) is 8.65. The van der Waals surface area contributed by atoms with Crippen molar-refractivity contribution in [2.45, 2.75) is 53.3 Å². The van der Waals surface area contributed by atoms with Crippen LogP contribution in [0.5, 0.6) is 0 Å². The van der Waals surface area contributed by atoms with E-state index in [4.69, 9.17) is 74.3 Å². The Labute approximate surface area is 200 Å². The SMILES string of the molecule is COC1=CC(=O)N(C(=O)C(CC(C)C(Cl)(Cl)Cl)NC(=O)CC(C)C(Cl)(Cl)Cl)C1C. The molecule has 12 heteroatoms. The fourth-order valence-electron chi connectivity index (χ4n) is 2.68. The number of halogens is 6. The van der Waals surface area contributed by atoms with E-state index in [1.54, 1.807) is 20.8 Å². The highest BCUT2D eigenvalue weighted by molar-refractivity contribution is 6.68. The maximum Gasteiger partial charge on any atom is 0.257 e. The minimum Gasteiger partial charge on any atom is -0.499 e. The quantitative estimate of drug-likeness (QED) is 0.490. The number of hydrogen-bond donors (Lipinski definition) is 1. The molecule has 1 aliphatic heterocycles. The Morgan fingerprint density at radius 3 is 2.07 bits per heavy atom. The van der Waals surface area contributed by atoms with Crippen molar-refractivity contribution in [1.82, 2.24) is 10.2 Å². The molecular weight excluding hydrogens is 509 g/mol. The van der Waals surface area contributed by atoms with Crippen LogP contribution in [-0.2, 0) is 19.1 Å². The Kier molecular flexibility index (Phi) is 9.72. The molecule has 1 aliphatic rings. The van der Waals surface area contributed by atoms with E-state index in [9.17, 15) is 14.4 Å². The number of imide groups is 1. The average molecular weight is 531 g/mol. The lowest BCUT2D eigenvalue weighted by molar-refractivity contribution is -0.146. The van der Waals surface area contributed by atoms with Crippen molar-refractivity contribution in [3.05, 3.63) is 11.8 Å². The maximum atomic E-state index is 13.1. The topological polar surface area (TPSA) is 75.7 Å². The lowest BCUT2D eigenvalue weighted by Gasteiger charge is -2.30. The zero-order valence-electron chi connectivity index (χ0n) is 16.1. The number of ether oxygens (including phenoxy) is 1. The number of carbonyl (C=O) groups is 3. The van der Waals surface area contributed by atoms with Crippen LogP contribution in [0.4, 0.5) is 0 Å². The zero-order valence-corrected chi connectivity index (χ0v) is 20.7. The van der Waals surface area contributed by atoms with Gasteiger partial charge in [0.05, 0.1) is 13.2 Å². The highest BCUT2D eigenvalue weighted by atomic mass is 35.6. The molecule has 1 heterocycles. The Hall–Kier alpha value is -0.110. The molecule has 0 fully saturated rings. The van der Waals surface area contributed by atoms with Gasteiger partial charge in [0.1, 0.15) is 11.8 Å². The molecule has 0 aliphatic carbocycles. The molecule has 1 rings (SSSR count). The second-order valence-electron chi connectivity index (χ2n) is 6.92. The van der Waals surface area contributed by atoms with Gasteiger partial charge in [-0.05, 0) is 13.3 Å². The van der Waals surface area contributed by atoms with Crippen molar-refractivity contribution in [2.24, 2.45) is 11.8 Å². The van der Waals surface area contributed by atoms with Crippen molar-refractivity contribution >= 4 is 87.3 Å². The first-order chi connectivity index (χ1) is 13.1. The number of rotatable bonds is 7. The number of alkyl halides is 6. The molecule has 166 valence electrons. The molecule has 4 atom stereocenters. The number of carbonyl (C=O) groups excluding carboxylic acids is 3. The van der Waals surface area contributed by atoms with E-state index in [1.165, 1.54) is 13.2 Å². The van der Waals surface area contributed by atoms with Crippen LogP contribution < -0.4 is 5.32 Å². The minimum atomic E-state index is -1.68. The summed E-state index contributed by atoms with van der Waals surface area (Å²) in [5, 5.41) is 2.58. The minimum absolute atomic E-state index is 0.0258. The van der Waals surface area contributed by atoms with Crippen LogP contribution in [0.2, 0.25) is 0 Å². The zero-order chi connectivity index (χ0) is 22.7. The Morgan fingerprint density at radius 2 is 1.66 bits per heavy atom. The molecule has 0 saturated carbocycles. The Bertz CT molecular complexity index is 674. The van der Waals surface area contributed by atoms with Gasteiger partial charge in [-0.3, -0.25) is 19.3 Å².